The number of piperidine rings is 1. The molecule has 3 rings (SSSR count). The summed E-state index contributed by atoms with van der Waals surface area (Å²) in [6.07, 6.45) is 3.94. The lowest BCUT2D eigenvalue weighted by Gasteiger charge is -2.22. The number of hydrogen-bond donors (Lipinski definition) is 1. The molecule has 2 aromatic heterocycles. The molecule has 1 aliphatic rings. The molecule has 0 bridgehead atoms. The van der Waals surface area contributed by atoms with Crippen LogP contribution in [0.25, 0.3) is 5.78 Å². The first-order chi connectivity index (χ1) is 8.83. The molecule has 0 spiro atoms. The summed E-state index contributed by atoms with van der Waals surface area (Å²) < 4.78 is 7.52. The van der Waals surface area contributed by atoms with Gasteiger partial charge in [-0.1, -0.05) is 0 Å². The molecule has 1 unspecified atom stereocenters. The first-order valence-electron chi connectivity index (χ1n) is 6.34. The van der Waals surface area contributed by atoms with Gasteiger partial charge >= 0.3 is 0 Å². The molecule has 0 amide bonds. The van der Waals surface area contributed by atoms with E-state index in [0.717, 1.165) is 24.7 Å². The summed E-state index contributed by atoms with van der Waals surface area (Å²) in [5.41, 5.74) is 0.896. The zero-order chi connectivity index (χ0) is 12.4. The lowest BCUT2D eigenvalue weighted by Crippen LogP contribution is -2.33. The van der Waals surface area contributed by atoms with Crippen molar-refractivity contribution in [2.45, 2.75) is 19.8 Å². The second-order valence-corrected chi connectivity index (χ2v) is 4.73. The van der Waals surface area contributed by atoms with Crippen LogP contribution >= 0.6 is 0 Å². The van der Waals surface area contributed by atoms with Gasteiger partial charge in [0.05, 0.1) is 6.61 Å². The molecular formula is C12H17N5O. The van der Waals surface area contributed by atoms with Crippen LogP contribution in [0.1, 0.15) is 18.5 Å². The molecule has 1 atom stereocenters. The number of nitrogens with zero attached hydrogens (tertiary/aromatic N) is 4. The number of ether oxygens (including phenoxy) is 1. The summed E-state index contributed by atoms with van der Waals surface area (Å²) in [6, 6.07) is 1.90. The average Bonchev–Trinajstić information content (AvgIpc) is 2.85. The Morgan fingerprint density at radius 2 is 2.50 bits per heavy atom. The van der Waals surface area contributed by atoms with Gasteiger partial charge in [0.1, 0.15) is 6.33 Å². The van der Waals surface area contributed by atoms with Crippen LogP contribution in [0.4, 0.5) is 0 Å². The van der Waals surface area contributed by atoms with E-state index in [4.69, 9.17) is 4.74 Å². The fourth-order valence-electron chi connectivity index (χ4n) is 2.27. The molecule has 1 N–H and O–H groups in total. The highest BCUT2D eigenvalue weighted by Crippen LogP contribution is 2.16. The largest absolute Gasteiger partial charge is 0.477 e. The van der Waals surface area contributed by atoms with Crippen molar-refractivity contribution in [3.63, 3.8) is 0 Å². The first-order valence-corrected chi connectivity index (χ1v) is 6.34. The third-order valence-electron chi connectivity index (χ3n) is 3.21. The molecule has 1 fully saturated rings. The Morgan fingerprint density at radius 1 is 1.56 bits per heavy atom. The van der Waals surface area contributed by atoms with Gasteiger partial charge in [-0.05, 0) is 26.3 Å². The van der Waals surface area contributed by atoms with Crippen molar-refractivity contribution in [2.75, 3.05) is 19.7 Å². The van der Waals surface area contributed by atoms with Gasteiger partial charge in [0, 0.05) is 24.2 Å². The quantitative estimate of drug-likeness (QED) is 0.869. The van der Waals surface area contributed by atoms with E-state index >= 15 is 0 Å². The molecule has 3 heterocycles. The minimum atomic E-state index is 0.575. The third-order valence-corrected chi connectivity index (χ3v) is 3.21. The van der Waals surface area contributed by atoms with Crippen molar-refractivity contribution in [1.82, 2.24) is 24.9 Å². The molecular weight excluding hydrogens is 230 g/mol. The Balaban J connectivity index is 1.75. The Kier molecular flexibility index (Phi) is 3.10. The molecule has 0 aromatic carbocycles. The van der Waals surface area contributed by atoms with Crippen molar-refractivity contribution < 1.29 is 4.74 Å². The van der Waals surface area contributed by atoms with Gasteiger partial charge in [-0.3, -0.25) is 0 Å². The maximum atomic E-state index is 5.88. The van der Waals surface area contributed by atoms with Gasteiger partial charge in [0.2, 0.25) is 5.88 Å². The molecule has 0 saturated carbocycles. The number of hydrogen-bond acceptors (Lipinski definition) is 5. The molecule has 2 aromatic rings. The predicted octanol–water partition coefficient (Wildman–Crippen LogP) is 0.811. The first kappa shape index (κ1) is 11.4. The van der Waals surface area contributed by atoms with Crippen molar-refractivity contribution in [3.05, 3.63) is 18.1 Å². The highest BCUT2D eigenvalue weighted by molar-refractivity contribution is 5.32. The lowest BCUT2D eigenvalue weighted by molar-refractivity contribution is 0.208. The number of aromatic nitrogens is 4. The maximum absolute atomic E-state index is 5.88. The van der Waals surface area contributed by atoms with Gasteiger partial charge in [-0.25, -0.2) is 4.98 Å². The monoisotopic (exact) mass is 247 g/mol. The van der Waals surface area contributed by atoms with Crippen LogP contribution in [0.5, 0.6) is 5.88 Å². The summed E-state index contributed by atoms with van der Waals surface area (Å²) in [5.74, 6) is 1.89. The second-order valence-electron chi connectivity index (χ2n) is 4.73. The normalized spacial score (nSPS) is 20.2. The number of aryl methyl sites for hydroxylation is 1. The summed E-state index contributed by atoms with van der Waals surface area (Å²) in [7, 11) is 0. The number of rotatable bonds is 3. The van der Waals surface area contributed by atoms with E-state index < -0.39 is 0 Å². The fraction of sp³-hybridized carbons (Fsp3) is 0.583. The van der Waals surface area contributed by atoms with Crippen molar-refractivity contribution in [2.24, 2.45) is 5.92 Å². The molecule has 1 saturated heterocycles. The third kappa shape index (κ3) is 2.28. The Hall–Kier alpha value is -1.69. The van der Waals surface area contributed by atoms with Gasteiger partial charge in [0.15, 0.2) is 0 Å². The molecule has 6 nitrogen and oxygen atoms in total. The number of nitrogens with one attached hydrogen (secondary N) is 1. The van der Waals surface area contributed by atoms with Crippen LogP contribution in [-0.4, -0.2) is 39.3 Å². The molecule has 0 aliphatic carbocycles. The Labute approximate surface area is 105 Å². The molecule has 0 radical (unpaired) electrons. The average molecular weight is 247 g/mol. The fourth-order valence-corrected chi connectivity index (χ4v) is 2.27. The van der Waals surface area contributed by atoms with Crippen LogP contribution in [0.3, 0.4) is 0 Å². The molecule has 1 aliphatic heterocycles. The lowest BCUT2D eigenvalue weighted by atomic mass is 10.0. The predicted molar refractivity (Wildman–Crippen MR) is 66.6 cm³/mol. The summed E-state index contributed by atoms with van der Waals surface area (Å²) in [4.78, 5) is 8.37. The Morgan fingerprint density at radius 3 is 3.33 bits per heavy atom. The molecule has 96 valence electrons. The van der Waals surface area contributed by atoms with E-state index in [2.05, 4.69) is 20.4 Å². The van der Waals surface area contributed by atoms with E-state index in [0.29, 0.717) is 18.3 Å². The van der Waals surface area contributed by atoms with Crippen molar-refractivity contribution in [3.8, 4) is 5.88 Å². The SMILES string of the molecule is Cc1cc(OCC2CCCNC2)n2ncnc2n1. The van der Waals surface area contributed by atoms with Gasteiger partial charge in [-0.2, -0.15) is 14.6 Å². The zero-order valence-corrected chi connectivity index (χ0v) is 10.5. The van der Waals surface area contributed by atoms with Crippen LogP contribution in [0, 0.1) is 12.8 Å². The zero-order valence-electron chi connectivity index (χ0n) is 10.5. The van der Waals surface area contributed by atoms with Crippen LogP contribution in [0.2, 0.25) is 0 Å². The van der Waals surface area contributed by atoms with E-state index in [1.165, 1.54) is 19.2 Å². The summed E-state index contributed by atoms with van der Waals surface area (Å²) in [6.45, 7) is 4.80. The van der Waals surface area contributed by atoms with Crippen molar-refractivity contribution >= 4 is 5.78 Å². The standard InChI is InChI=1S/C12H17N5O/c1-9-5-11(17-12(16-9)14-8-15-17)18-7-10-3-2-4-13-6-10/h5,8,10,13H,2-4,6-7H2,1H3. The Bertz CT molecular complexity index is 532. The topological polar surface area (TPSA) is 64.3 Å². The minimum Gasteiger partial charge on any atom is -0.477 e. The minimum absolute atomic E-state index is 0.575. The summed E-state index contributed by atoms with van der Waals surface area (Å²) in [5, 5.41) is 7.51. The van der Waals surface area contributed by atoms with Gasteiger partial charge in [0.25, 0.3) is 5.78 Å². The van der Waals surface area contributed by atoms with Crippen molar-refractivity contribution in [1.29, 1.82) is 0 Å². The van der Waals surface area contributed by atoms with Crippen LogP contribution in [0.15, 0.2) is 12.4 Å². The summed E-state index contributed by atoms with van der Waals surface area (Å²) >= 11 is 0. The number of fused-ring (bicyclic) bond motifs is 1. The maximum Gasteiger partial charge on any atom is 0.255 e. The van der Waals surface area contributed by atoms with E-state index in [9.17, 15) is 0 Å². The highest BCUT2D eigenvalue weighted by Gasteiger charge is 2.15. The van der Waals surface area contributed by atoms with Crippen LogP contribution in [-0.2, 0) is 0 Å². The van der Waals surface area contributed by atoms with Gasteiger partial charge < -0.3 is 10.1 Å². The molecule has 6 heteroatoms. The smallest absolute Gasteiger partial charge is 0.255 e. The molecule has 18 heavy (non-hydrogen) atoms. The highest BCUT2D eigenvalue weighted by atomic mass is 16.5. The van der Waals surface area contributed by atoms with Gasteiger partial charge in [-0.15, -0.1) is 0 Å². The van der Waals surface area contributed by atoms with E-state index in [-0.39, 0.29) is 0 Å². The van der Waals surface area contributed by atoms with E-state index in [1.807, 2.05) is 13.0 Å². The van der Waals surface area contributed by atoms with Crippen LogP contribution < -0.4 is 10.1 Å². The van der Waals surface area contributed by atoms with E-state index in [1.54, 1.807) is 4.52 Å². The second kappa shape index (κ2) is 4.89.